The zero-order chi connectivity index (χ0) is 16.9. The van der Waals surface area contributed by atoms with Gasteiger partial charge in [-0.15, -0.1) is 0 Å². The minimum atomic E-state index is -0.254. The molecular formula is C16H15ClN4O2S. The van der Waals surface area contributed by atoms with E-state index in [-0.39, 0.29) is 5.91 Å². The Hall–Kier alpha value is -2.22. The standard InChI is InChI=1S/C16H15ClN4O2S/c1-23-8-7-21-13(5-6-19-21)15(22)20-16-18-10-14(24-16)11-3-2-4-12(17)9-11/h2-6,9-10H,7-8H2,1H3,(H,18,20,22). The van der Waals surface area contributed by atoms with E-state index in [9.17, 15) is 4.79 Å². The van der Waals surface area contributed by atoms with Gasteiger partial charge in [0, 0.05) is 24.5 Å². The van der Waals surface area contributed by atoms with Crippen LogP contribution in [0.3, 0.4) is 0 Å². The molecule has 1 N–H and O–H groups in total. The van der Waals surface area contributed by atoms with Crippen LogP contribution in [0.1, 0.15) is 10.5 Å². The van der Waals surface area contributed by atoms with Gasteiger partial charge in [0.1, 0.15) is 5.69 Å². The predicted octanol–water partition coefficient (Wildman–Crippen LogP) is 3.56. The van der Waals surface area contributed by atoms with Crippen LogP contribution in [0.25, 0.3) is 10.4 Å². The first kappa shape index (κ1) is 16.6. The first-order valence-electron chi connectivity index (χ1n) is 7.21. The second-order valence-corrected chi connectivity index (χ2v) is 6.39. The van der Waals surface area contributed by atoms with Crippen molar-refractivity contribution < 1.29 is 9.53 Å². The molecule has 1 amide bonds. The molecule has 0 radical (unpaired) electrons. The average Bonchev–Trinajstić information content (AvgIpc) is 3.22. The lowest BCUT2D eigenvalue weighted by atomic mass is 10.2. The molecule has 3 rings (SSSR count). The van der Waals surface area contributed by atoms with Crippen molar-refractivity contribution in [1.29, 1.82) is 0 Å². The number of halogens is 1. The van der Waals surface area contributed by atoms with E-state index in [2.05, 4.69) is 15.4 Å². The van der Waals surface area contributed by atoms with Crippen molar-refractivity contribution in [3.8, 4) is 10.4 Å². The minimum Gasteiger partial charge on any atom is -0.383 e. The van der Waals surface area contributed by atoms with Crippen LogP contribution in [-0.4, -0.2) is 34.4 Å². The fourth-order valence-electron chi connectivity index (χ4n) is 2.15. The highest BCUT2D eigenvalue weighted by molar-refractivity contribution is 7.19. The maximum atomic E-state index is 12.4. The SMILES string of the molecule is COCCn1nccc1C(=O)Nc1ncc(-c2cccc(Cl)c2)s1. The number of benzene rings is 1. The fourth-order valence-corrected chi connectivity index (χ4v) is 3.15. The lowest BCUT2D eigenvalue weighted by molar-refractivity contribution is 0.101. The summed E-state index contributed by atoms with van der Waals surface area (Å²) in [7, 11) is 1.61. The van der Waals surface area contributed by atoms with Crippen molar-refractivity contribution >= 4 is 34.0 Å². The van der Waals surface area contributed by atoms with Gasteiger partial charge >= 0.3 is 0 Å². The summed E-state index contributed by atoms with van der Waals surface area (Å²) < 4.78 is 6.62. The highest BCUT2D eigenvalue weighted by Gasteiger charge is 2.14. The van der Waals surface area contributed by atoms with Crippen molar-refractivity contribution in [2.24, 2.45) is 0 Å². The number of nitrogens with one attached hydrogen (secondary N) is 1. The van der Waals surface area contributed by atoms with Gasteiger partial charge in [-0.25, -0.2) is 4.98 Å². The number of thiazole rings is 1. The van der Waals surface area contributed by atoms with E-state index in [1.54, 1.807) is 30.3 Å². The Bertz CT molecular complexity index is 846. The van der Waals surface area contributed by atoms with Crippen LogP contribution in [0.2, 0.25) is 5.02 Å². The average molecular weight is 363 g/mol. The largest absolute Gasteiger partial charge is 0.383 e. The van der Waals surface area contributed by atoms with Gasteiger partial charge in [-0.1, -0.05) is 35.1 Å². The number of hydrogen-bond acceptors (Lipinski definition) is 5. The molecule has 2 heterocycles. The second kappa shape index (κ2) is 7.57. The van der Waals surface area contributed by atoms with Crippen molar-refractivity contribution in [2.75, 3.05) is 19.0 Å². The molecule has 1 aromatic carbocycles. The van der Waals surface area contributed by atoms with Gasteiger partial charge in [0.15, 0.2) is 5.13 Å². The Labute approximate surface area is 148 Å². The normalized spacial score (nSPS) is 10.8. The van der Waals surface area contributed by atoms with Gasteiger partial charge < -0.3 is 4.74 Å². The summed E-state index contributed by atoms with van der Waals surface area (Å²) in [6.07, 6.45) is 3.30. The molecule has 0 saturated heterocycles. The summed E-state index contributed by atoms with van der Waals surface area (Å²) in [5, 5.41) is 8.11. The molecule has 24 heavy (non-hydrogen) atoms. The third-order valence-electron chi connectivity index (χ3n) is 3.29. The molecule has 2 aromatic heterocycles. The topological polar surface area (TPSA) is 69.0 Å². The van der Waals surface area contributed by atoms with Crippen LogP contribution in [0.5, 0.6) is 0 Å². The number of anilines is 1. The number of methoxy groups -OCH3 is 1. The lowest BCUT2D eigenvalue weighted by Gasteiger charge is -2.06. The molecule has 3 aromatic rings. The smallest absolute Gasteiger partial charge is 0.275 e. The zero-order valence-electron chi connectivity index (χ0n) is 12.9. The number of amides is 1. The molecule has 8 heteroatoms. The second-order valence-electron chi connectivity index (χ2n) is 4.93. The molecule has 0 bridgehead atoms. The number of aromatic nitrogens is 3. The van der Waals surface area contributed by atoms with E-state index in [4.69, 9.17) is 16.3 Å². The molecule has 0 aliphatic heterocycles. The maximum absolute atomic E-state index is 12.4. The summed E-state index contributed by atoms with van der Waals surface area (Å²) in [5.41, 5.74) is 1.43. The van der Waals surface area contributed by atoms with E-state index >= 15 is 0 Å². The molecule has 0 atom stereocenters. The number of rotatable bonds is 6. The third kappa shape index (κ3) is 3.81. The molecule has 0 unspecified atom stereocenters. The summed E-state index contributed by atoms with van der Waals surface area (Å²) in [5.74, 6) is -0.254. The summed E-state index contributed by atoms with van der Waals surface area (Å²) in [4.78, 5) is 17.6. The summed E-state index contributed by atoms with van der Waals surface area (Å²) in [6.45, 7) is 0.996. The van der Waals surface area contributed by atoms with Crippen molar-refractivity contribution in [3.63, 3.8) is 0 Å². The molecule has 0 saturated carbocycles. The van der Waals surface area contributed by atoms with Gasteiger partial charge in [-0.3, -0.25) is 14.8 Å². The zero-order valence-corrected chi connectivity index (χ0v) is 14.5. The summed E-state index contributed by atoms with van der Waals surface area (Å²) >= 11 is 7.39. The Balaban J connectivity index is 1.73. The minimum absolute atomic E-state index is 0.254. The number of carbonyl (C=O) groups excluding carboxylic acids is 1. The lowest BCUT2D eigenvalue weighted by Crippen LogP contribution is -2.19. The van der Waals surface area contributed by atoms with E-state index < -0.39 is 0 Å². The van der Waals surface area contributed by atoms with Crippen LogP contribution in [0.15, 0.2) is 42.7 Å². The van der Waals surface area contributed by atoms with E-state index in [0.29, 0.717) is 29.0 Å². The van der Waals surface area contributed by atoms with Crippen molar-refractivity contribution in [1.82, 2.24) is 14.8 Å². The molecule has 6 nitrogen and oxygen atoms in total. The maximum Gasteiger partial charge on any atom is 0.275 e. The van der Waals surface area contributed by atoms with Crippen LogP contribution in [0, 0.1) is 0 Å². The van der Waals surface area contributed by atoms with Gasteiger partial charge in [-0.05, 0) is 23.8 Å². The van der Waals surface area contributed by atoms with Crippen LogP contribution < -0.4 is 5.32 Å². The molecule has 124 valence electrons. The Kier molecular flexibility index (Phi) is 5.24. The van der Waals surface area contributed by atoms with E-state index in [1.807, 2.05) is 24.3 Å². The molecule has 0 fully saturated rings. The quantitative estimate of drug-likeness (QED) is 0.728. The van der Waals surface area contributed by atoms with Crippen LogP contribution >= 0.6 is 22.9 Å². The first-order valence-corrected chi connectivity index (χ1v) is 8.40. The van der Waals surface area contributed by atoms with Crippen LogP contribution in [-0.2, 0) is 11.3 Å². The first-order chi connectivity index (χ1) is 11.7. The molecular weight excluding hydrogens is 348 g/mol. The number of ether oxygens (including phenoxy) is 1. The number of hydrogen-bond donors (Lipinski definition) is 1. The molecule has 0 aliphatic rings. The monoisotopic (exact) mass is 362 g/mol. The molecule has 0 spiro atoms. The molecule has 0 aliphatic carbocycles. The van der Waals surface area contributed by atoms with Gasteiger partial charge in [0.25, 0.3) is 5.91 Å². The fraction of sp³-hybridized carbons (Fsp3) is 0.188. The predicted molar refractivity (Wildman–Crippen MR) is 94.6 cm³/mol. The highest BCUT2D eigenvalue weighted by atomic mass is 35.5. The number of carbonyl (C=O) groups is 1. The Morgan fingerprint density at radius 1 is 1.42 bits per heavy atom. The van der Waals surface area contributed by atoms with Gasteiger partial charge in [-0.2, -0.15) is 5.10 Å². The van der Waals surface area contributed by atoms with Crippen LogP contribution in [0.4, 0.5) is 5.13 Å². The highest BCUT2D eigenvalue weighted by Crippen LogP contribution is 2.30. The van der Waals surface area contributed by atoms with Crippen molar-refractivity contribution in [3.05, 3.63) is 53.4 Å². The van der Waals surface area contributed by atoms with Crippen molar-refractivity contribution in [2.45, 2.75) is 6.54 Å². The van der Waals surface area contributed by atoms with E-state index in [0.717, 1.165) is 10.4 Å². The number of nitrogens with zero attached hydrogens (tertiary/aromatic N) is 3. The summed E-state index contributed by atoms with van der Waals surface area (Å²) in [6, 6.07) is 9.17. The van der Waals surface area contributed by atoms with Gasteiger partial charge in [0.2, 0.25) is 0 Å². The van der Waals surface area contributed by atoms with E-state index in [1.165, 1.54) is 11.3 Å². The van der Waals surface area contributed by atoms with Gasteiger partial charge in [0.05, 0.1) is 18.0 Å². The third-order valence-corrected chi connectivity index (χ3v) is 4.49. The Morgan fingerprint density at radius 3 is 3.08 bits per heavy atom. The Morgan fingerprint density at radius 2 is 2.29 bits per heavy atom.